The van der Waals surface area contributed by atoms with E-state index in [4.69, 9.17) is 23.9 Å². The fourth-order valence-electron chi connectivity index (χ4n) is 8.64. The van der Waals surface area contributed by atoms with Gasteiger partial charge in [-0.2, -0.15) is 0 Å². The highest BCUT2D eigenvalue weighted by Gasteiger charge is 2.46. The minimum Gasteiger partial charge on any atom is -0.465 e. The molecule has 0 bridgehead atoms. The number of hydrogen-bond donors (Lipinski definition) is 4. The van der Waals surface area contributed by atoms with Gasteiger partial charge in [-0.1, -0.05) is 24.3 Å². The highest BCUT2D eigenvalue weighted by molar-refractivity contribution is 5.97. The first-order valence-corrected chi connectivity index (χ1v) is 18.4. The first kappa shape index (κ1) is 35.6. The predicted octanol–water partition coefficient (Wildman–Crippen LogP) is 3.97. The molecule has 1 aromatic rings. The lowest BCUT2D eigenvalue weighted by Gasteiger charge is -2.34. The molecular weight excluding hydrogens is 694 g/mol. The number of aromatic nitrogens is 2. The number of allylic oxidation sites excluding steroid dienone is 9. The number of rotatable bonds is 9. The van der Waals surface area contributed by atoms with Gasteiger partial charge in [-0.05, 0) is 61.1 Å². The summed E-state index contributed by atoms with van der Waals surface area (Å²) in [6.45, 7) is 3.17. The molecular formula is C39H45N7O8. The number of ether oxygens (including phenoxy) is 4. The average molecular weight is 740 g/mol. The number of nitrogens with zero attached hydrogens (tertiary/aromatic N) is 4. The standard InChI is InChI=1S/C39H45N7O8/c1-20(52-3)33(44-38(48)53-4)37(47)46-17-21(18-51-2)12-31(46)36-41-28-10-8-22-14-27-25-9-7-23(13-24(25)19-54-32(27)15-26(22)34(28)43-36)29-16-40-35(42-29)30-6-5-11-45(30)39(49)50/h7-10,13-16,19-21,25-26,30-31,33-34H,5-6,11-12,17-18H2,1-4H3,(H,40,42)(H,41,43)(H,44,48)(H,49,50)/t20-,21+,25?,26?,30+,31+,33+,34?/m1/s1. The van der Waals surface area contributed by atoms with Gasteiger partial charge in [-0.15, -0.1) is 0 Å². The van der Waals surface area contributed by atoms with Crippen molar-refractivity contribution in [2.24, 2.45) is 22.7 Å². The van der Waals surface area contributed by atoms with E-state index < -0.39 is 24.3 Å². The normalized spacial score (nSPS) is 28.9. The summed E-state index contributed by atoms with van der Waals surface area (Å²) in [5.74, 6) is 1.88. The van der Waals surface area contributed by atoms with E-state index in [2.05, 4.69) is 63.1 Å². The molecule has 15 nitrogen and oxygen atoms in total. The number of likely N-dealkylation sites (tertiary alicyclic amines) is 2. The number of imidazole rings is 1. The highest BCUT2D eigenvalue weighted by Crippen LogP contribution is 2.46. The number of carbonyl (C=O) groups excluding carboxylic acids is 2. The molecule has 3 unspecified atom stereocenters. The van der Waals surface area contributed by atoms with Crippen LogP contribution in [0.1, 0.15) is 43.7 Å². The molecule has 15 heteroatoms. The maximum Gasteiger partial charge on any atom is 0.407 e. The molecule has 284 valence electrons. The third-order valence-electron chi connectivity index (χ3n) is 11.5. The third-order valence-corrected chi connectivity index (χ3v) is 11.5. The SMILES string of the molecule is COC[C@H]1C[C@@H](C2=NC3C(=CC=C4C=C5C(=CC43)OC=C3C=C(c4cnc([C@@H]6CCCN6C(=O)O)[nH]4)C=CC35)N2)N(C(=O)[C@@H](NC(=O)OC)[C@@H](C)OC)C1. The molecule has 3 amide bonds. The van der Waals surface area contributed by atoms with Crippen LogP contribution in [-0.4, -0.2) is 114 Å². The summed E-state index contributed by atoms with van der Waals surface area (Å²) in [7, 11) is 4.41. The van der Waals surface area contributed by atoms with Gasteiger partial charge in [0.15, 0.2) is 0 Å². The summed E-state index contributed by atoms with van der Waals surface area (Å²) in [5.41, 5.74) is 5.91. The van der Waals surface area contributed by atoms with Gasteiger partial charge in [0.05, 0.1) is 50.1 Å². The largest absolute Gasteiger partial charge is 0.465 e. The second-order valence-corrected chi connectivity index (χ2v) is 14.6. The molecule has 54 heavy (non-hydrogen) atoms. The summed E-state index contributed by atoms with van der Waals surface area (Å²) in [6, 6.07) is -1.80. The molecule has 0 spiro atoms. The van der Waals surface area contributed by atoms with Gasteiger partial charge in [-0.25, -0.2) is 14.6 Å². The van der Waals surface area contributed by atoms with Crippen molar-refractivity contribution >= 4 is 29.5 Å². The first-order chi connectivity index (χ1) is 26.2. The van der Waals surface area contributed by atoms with Crippen LogP contribution in [0.5, 0.6) is 0 Å². The van der Waals surface area contributed by atoms with E-state index in [1.165, 1.54) is 19.1 Å². The molecule has 8 rings (SSSR count). The van der Waals surface area contributed by atoms with E-state index in [1.54, 1.807) is 31.4 Å². The Morgan fingerprint density at radius 2 is 1.98 bits per heavy atom. The van der Waals surface area contributed by atoms with Crippen molar-refractivity contribution in [2.45, 2.75) is 56.5 Å². The topological polar surface area (TPSA) is 180 Å². The van der Waals surface area contributed by atoms with Gasteiger partial charge in [0.1, 0.15) is 29.5 Å². The molecule has 3 aliphatic carbocycles. The molecule has 0 aromatic carbocycles. The Balaban J connectivity index is 1.01. The quantitative estimate of drug-likeness (QED) is 0.290. The van der Waals surface area contributed by atoms with Crippen molar-refractivity contribution < 1.29 is 38.4 Å². The smallest absolute Gasteiger partial charge is 0.407 e. The fraction of sp³-hybridized carbons (Fsp3) is 0.462. The summed E-state index contributed by atoms with van der Waals surface area (Å²) in [5, 5.41) is 15.8. The molecule has 5 heterocycles. The number of fused-ring (bicyclic) bond motifs is 6. The molecule has 7 aliphatic rings. The van der Waals surface area contributed by atoms with E-state index in [9.17, 15) is 19.5 Å². The van der Waals surface area contributed by atoms with E-state index in [0.29, 0.717) is 37.8 Å². The lowest BCUT2D eigenvalue weighted by atomic mass is 9.75. The number of amides is 3. The van der Waals surface area contributed by atoms with E-state index >= 15 is 0 Å². The zero-order chi connectivity index (χ0) is 37.7. The fourth-order valence-corrected chi connectivity index (χ4v) is 8.64. The molecule has 1 aromatic heterocycles. The first-order valence-electron chi connectivity index (χ1n) is 18.4. The summed E-state index contributed by atoms with van der Waals surface area (Å²) in [4.78, 5) is 54.3. The average Bonchev–Trinajstić information content (AvgIpc) is 4.01. The van der Waals surface area contributed by atoms with E-state index in [-0.39, 0.29) is 41.8 Å². The second kappa shape index (κ2) is 14.4. The number of aromatic amines is 1. The number of carboxylic acid groups (broad SMARTS) is 1. The molecule has 0 radical (unpaired) electrons. The second-order valence-electron chi connectivity index (χ2n) is 14.6. The van der Waals surface area contributed by atoms with Crippen molar-refractivity contribution in [1.82, 2.24) is 30.4 Å². The van der Waals surface area contributed by atoms with Crippen molar-refractivity contribution in [1.29, 1.82) is 0 Å². The van der Waals surface area contributed by atoms with Crippen LogP contribution in [0.15, 0.2) is 88.2 Å². The van der Waals surface area contributed by atoms with Crippen LogP contribution in [-0.2, 0) is 23.7 Å². The highest BCUT2D eigenvalue weighted by atomic mass is 16.5. The maximum absolute atomic E-state index is 14.1. The zero-order valence-corrected chi connectivity index (χ0v) is 30.7. The van der Waals surface area contributed by atoms with Crippen LogP contribution in [0.2, 0.25) is 0 Å². The Bertz CT molecular complexity index is 1990. The van der Waals surface area contributed by atoms with Crippen LogP contribution in [0.4, 0.5) is 9.59 Å². The Morgan fingerprint density at radius 3 is 2.76 bits per heavy atom. The number of nitrogens with one attached hydrogen (secondary N) is 3. The van der Waals surface area contributed by atoms with Gasteiger partial charge in [0.2, 0.25) is 5.91 Å². The van der Waals surface area contributed by atoms with Gasteiger partial charge < -0.3 is 44.6 Å². The zero-order valence-electron chi connectivity index (χ0n) is 30.7. The molecule has 4 N–H and O–H groups in total. The van der Waals surface area contributed by atoms with Crippen molar-refractivity contribution in [3.8, 4) is 0 Å². The monoisotopic (exact) mass is 739 g/mol. The summed E-state index contributed by atoms with van der Waals surface area (Å²) in [6.07, 6.45) is 18.4. The lowest BCUT2D eigenvalue weighted by Crippen LogP contribution is -2.57. The Morgan fingerprint density at radius 1 is 1.13 bits per heavy atom. The molecule has 2 saturated heterocycles. The Hall–Kier alpha value is -5.41. The molecule has 8 atom stereocenters. The maximum atomic E-state index is 14.1. The third kappa shape index (κ3) is 6.34. The van der Waals surface area contributed by atoms with Crippen molar-refractivity contribution in [3.05, 3.63) is 94.7 Å². The number of aliphatic imine (C=N–C) groups is 1. The lowest BCUT2D eigenvalue weighted by molar-refractivity contribution is -0.136. The predicted molar refractivity (Wildman–Crippen MR) is 197 cm³/mol. The van der Waals surface area contributed by atoms with Crippen LogP contribution in [0.3, 0.4) is 0 Å². The van der Waals surface area contributed by atoms with Crippen molar-refractivity contribution in [3.63, 3.8) is 0 Å². The molecule has 4 aliphatic heterocycles. The van der Waals surface area contributed by atoms with E-state index in [1.807, 2.05) is 0 Å². The summed E-state index contributed by atoms with van der Waals surface area (Å²) < 4.78 is 22.1. The van der Waals surface area contributed by atoms with Gasteiger partial charge in [0, 0.05) is 56.3 Å². The minimum atomic E-state index is -0.950. The number of hydrogen-bond acceptors (Lipinski definition) is 10. The number of alkyl carbamates (subject to hydrolysis) is 1. The van der Waals surface area contributed by atoms with Gasteiger partial charge in [0.25, 0.3) is 0 Å². The number of H-pyrrole nitrogens is 1. The van der Waals surface area contributed by atoms with Gasteiger partial charge in [-0.3, -0.25) is 14.7 Å². The minimum absolute atomic E-state index is 0.00159. The van der Waals surface area contributed by atoms with E-state index in [0.717, 1.165) is 52.3 Å². The van der Waals surface area contributed by atoms with Crippen molar-refractivity contribution in [2.75, 3.05) is 41.0 Å². The van der Waals surface area contributed by atoms with Gasteiger partial charge >= 0.3 is 12.2 Å². The van der Waals surface area contributed by atoms with Crippen LogP contribution >= 0.6 is 0 Å². The molecule has 2 fully saturated rings. The van der Waals surface area contributed by atoms with Crippen LogP contribution in [0, 0.1) is 17.8 Å². The number of carbonyl (C=O) groups is 3. The number of methoxy groups -OCH3 is 3. The van der Waals surface area contributed by atoms with Crippen LogP contribution < -0.4 is 10.6 Å². The Labute approximate surface area is 312 Å². The van der Waals surface area contributed by atoms with Crippen LogP contribution in [0.25, 0.3) is 5.57 Å². The molecule has 0 saturated carbocycles. The Kier molecular flexibility index (Phi) is 9.52. The summed E-state index contributed by atoms with van der Waals surface area (Å²) >= 11 is 0. The number of amidine groups is 1.